The number of alkyl halides is 3. The molecular formula is C20H25ClF4N2O3. The Hall–Kier alpha value is -1.58. The highest BCUT2D eigenvalue weighted by molar-refractivity contribution is 6.30. The number of carbonyl (C=O) groups excluding carboxylic acids is 1. The van der Waals surface area contributed by atoms with Crippen LogP contribution in [-0.2, 0) is 9.53 Å². The van der Waals surface area contributed by atoms with Crippen LogP contribution in [0.15, 0.2) is 18.2 Å². The summed E-state index contributed by atoms with van der Waals surface area (Å²) in [5, 5.41) is 2.90. The van der Waals surface area contributed by atoms with Gasteiger partial charge in [0.2, 0.25) is 0 Å². The number of likely N-dealkylation sites (tertiary alicyclic amines) is 1. The molecule has 30 heavy (non-hydrogen) atoms. The van der Waals surface area contributed by atoms with E-state index in [-0.39, 0.29) is 35.4 Å². The Morgan fingerprint density at radius 1 is 1.20 bits per heavy atom. The summed E-state index contributed by atoms with van der Waals surface area (Å²) in [7, 11) is 0. The van der Waals surface area contributed by atoms with E-state index in [4.69, 9.17) is 16.3 Å². The molecule has 1 amide bonds. The molecule has 10 heteroatoms. The van der Waals surface area contributed by atoms with E-state index >= 15 is 0 Å². The maximum absolute atomic E-state index is 13.4. The van der Waals surface area contributed by atoms with Crippen molar-refractivity contribution in [3.63, 3.8) is 0 Å². The van der Waals surface area contributed by atoms with Gasteiger partial charge in [0.25, 0.3) is 5.91 Å². The van der Waals surface area contributed by atoms with Crippen LogP contribution in [0.5, 0.6) is 5.75 Å². The van der Waals surface area contributed by atoms with Crippen LogP contribution in [-0.4, -0.2) is 55.1 Å². The summed E-state index contributed by atoms with van der Waals surface area (Å²) in [4.78, 5) is 14.4. The normalized spacial score (nSPS) is 25.7. The van der Waals surface area contributed by atoms with Gasteiger partial charge in [0.15, 0.2) is 6.61 Å². The van der Waals surface area contributed by atoms with Crippen LogP contribution in [0.4, 0.5) is 17.6 Å². The van der Waals surface area contributed by atoms with E-state index in [9.17, 15) is 22.4 Å². The lowest BCUT2D eigenvalue weighted by Crippen LogP contribution is -2.52. The maximum Gasteiger partial charge on any atom is 0.522 e. The molecule has 1 aliphatic heterocycles. The van der Waals surface area contributed by atoms with Gasteiger partial charge in [-0.05, 0) is 57.2 Å². The minimum absolute atomic E-state index is 0.0203. The molecule has 1 atom stereocenters. The van der Waals surface area contributed by atoms with Crippen molar-refractivity contribution >= 4 is 17.5 Å². The molecule has 0 aromatic heterocycles. The molecule has 5 nitrogen and oxygen atoms in total. The van der Waals surface area contributed by atoms with Gasteiger partial charge >= 0.3 is 6.36 Å². The van der Waals surface area contributed by atoms with Crippen molar-refractivity contribution in [1.82, 2.24) is 10.2 Å². The van der Waals surface area contributed by atoms with E-state index in [1.165, 1.54) is 12.1 Å². The Kier molecular flexibility index (Phi) is 7.81. The molecule has 0 bridgehead atoms. The zero-order valence-electron chi connectivity index (χ0n) is 16.4. The number of ether oxygens (including phenoxy) is 2. The van der Waals surface area contributed by atoms with Crippen LogP contribution < -0.4 is 10.1 Å². The fourth-order valence-corrected chi connectivity index (χ4v) is 4.28. The lowest BCUT2D eigenvalue weighted by molar-refractivity contribution is -0.345. The van der Waals surface area contributed by atoms with Crippen LogP contribution in [0, 0.1) is 5.82 Å². The van der Waals surface area contributed by atoms with E-state index in [0.29, 0.717) is 32.2 Å². The molecule has 0 unspecified atom stereocenters. The van der Waals surface area contributed by atoms with Gasteiger partial charge in [0.1, 0.15) is 11.6 Å². The third kappa shape index (κ3) is 6.99. The van der Waals surface area contributed by atoms with E-state index in [1.54, 1.807) is 0 Å². The third-order valence-corrected chi connectivity index (χ3v) is 5.85. The number of nitrogens with zero attached hydrogens (tertiary/aromatic N) is 1. The monoisotopic (exact) mass is 452 g/mol. The average molecular weight is 453 g/mol. The molecule has 1 saturated heterocycles. The van der Waals surface area contributed by atoms with Crippen LogP contribution in [0.2, 0.25) is 5.02 Å². The number of hydrogen-bond donors (Lipinski definition) is 1. The average Bonchev–Trinajstić information content (AvgIpc) is 2.68. The van der Waals surface area contributed by atoms with Crippen molar-refractivity contribution < 1.29 is 31.8 Å². The van der Waals surface area contributed by atoms with Crippen LogP contribution in [0.25, 0.3) is 0 Å². The number of hydrogen-bond acceptors (Lipinski definition) is 4. The molecular weight excluding hydrogens is 428 g/mol. The highest BCUT2D eigenvalue weighted by Crippen LogP contribution is 2.31. The Morgan fingerprint density at radius 3 is 2.60 bits per heavy atom. The Bertz CT molecular complexity index is 726. The predicted octanol–water partition coefficient (Wildman–Crippen LogP) is 4.29. The third-order valence-electron chi connectivity index (χ3n) is 5.54. The molecule has 2 fully saturated rings. The summed E-state index contributed by atoms with van der Waals surface area (Å²) < 4.78 is 60.0. The molecule has 1 aromatic rings. The van der Waals surface area contributed by atoms with Crippen molar-refractivity contribution in [3.05, 3.63) is 29.0 Å². The summed E-state index contributed by atoms with van der Waals surface area (Å²) in [6, 6.07) is 4.11. The molecule has 2 aliphatic rings. The van der Waals surface area contributed by atoms with Gasteiger partial charge in [-0.2, -0.15) is 0 Å². The van der Waals surface area contributed by atoms with Gasteiger partial charge in [-0.3, -0.25) is 14.4 Å². The number of benzene rings is 1. The number of rotatable bonds is 6. The SMILES string of the molecule is O=C(COc1ccc(Cl)c(F)c1)N[C@H]1CCCN(C2CCC(OC(F)(F)F)CC2)C1. The summed E-state index contributed by atoms with van der Waals surface area (Å²) in [5.41, 5.74) is 0. The van der Waals surface area contributed by atoms with E-state index < -0.39 is 18.3 Å². The smallest absolute Gasteiger partial charge is 0.484 e. The van der Waals surface area contributed by atoms with Gasteiger partial charge < -0.3 is 10.1 Å². The van der Waals surface area contributed by atoms with E-state index in [1.807, 2.05) is 0 Å². The predicted molar refractivity (Wildman–Crippen MR) is 103 cm³/mol. The zero-order valence-corrected chi connectivity index (χ0v) is 17.1. The first-order chi connectivity index (χ1) is 14.2. The summed E-state index contributed by atoms with van der Waals surface area (Å²) in [6.07, 6.45) is -1.59. The van der Waals surface area contributed by atoms with Crippen LogP contribution in [0.1, 0.15) is 38.5 Å². The Balaban J connectivity index is 1.41. The number of halogens is 5. The quantitative estimate of drug-likeness (QED) is 0.654. The lowest BCUT2D eigenvalue weighted by Gasteiger charge is -2.41. The van der Waals surface area contributed by atoms with Crippen molar-refractivity contribution in [1.29, 1.82) is 0 Å². The number of amides is 1. The van der Waals surface area contributed by atoms with Crippen molar-refractivity contribution in [2.24, 2.45) is 0 Å². The highest BCUT2D eigenvalue weighted by atomic mass is 35.5. The van der Waals surface area contributed by atoms with Crippen molar-refractivity contribution in [3.8, 4) is 5.75 Å². The molecule has 3 rings (SSSR count). The van der Waals surface area contributed by atoms with Gasteiger partial charge in [-0.15, -0.1) is 13.2 Å². The van der Waals surface area contributed by atoms with Gasteiger partial charge in [-0.25, -0.2) is 4.39 Å². The topological polar surface area (TPSA) is 50.8 Å². The Morgan fingerprint density at radius 2 is 1.93 bits per heavy atom. The fraction of sp³-hybridized carbons (Fsp3) is 0.650. The van der Waals surface area contributed by atoms with E-state index in [0.717, 1.165) is 25.5 Å². The molecule has 168 valence electrons. The van der Waals surface area contributed by atoms with Crippen LogP contribution in [0.3, 0.4) is 0 Å². The summed E-state index contributed by atoms with van der Waals surface area (Å²) >= 11 is 5.61. The molecule has 1 heterocycles. The second-order valence-corrected chi connectivity index (χ2v) is 8.17. The zero-order chi connectivity index (χ0) is 21.7. The van der Waals surface area contributed by atoms with Gasteiger partial charge in [0, 0.05) is 24.7 Å². The summed E-state index contributed by atoms with van der Waals surface area (Å²) in [5.74, 6) is -0.706. The number of carbonyl (C=O) groups is 1. The fourth-order valence-electron chi connectivity index (χ4n) is 4.16. The van der Waals surface area contributed by atoms with E-state index in [2.05, 4.69) is 15.0 Å². The molecule has 0 spiro atoms. The maximum atomic E-state index is 13.4. The summed E-state index contributed by atoms with van der Waals surface area (Å²) in [6.45, 7) is 1.27. The lowest BCUT2D eigenvalue weighted by atomic mass is 9.90. The van der Waals surface area contributed by atoms with Gasteiger partial charge in [-0.1, -0.05) is 11.6 Å². The molecule has 0 radical (unpaired) electrons. The standard InChI is InChI=1S/C20H25ClF4N2O3/c21-17-8-7-16(10-18(17)22)29-12-19(28)26-13-2-1-9-27(11-13)14-3-5-15(6-4-14)30-20(23,24)25/h7-8,10,13-15H,1-6,9,11-12H2,(H,26,28)/t13-,14?,15?/m0/s1. The second-order valence-electron chi connectivity index (χ2n) is 7.76. The van der Waals surface area contributed by atoms with Crippen molar-refractivity contribution in [2.45, 2.75) is 63.1 Å². The molecule has 1 saturated carbocycles. The van der Waals surface area contributed by atoms with Crippen molar-refractivity contribution in [2.75, 3.05) is 19.7 Å². The van der Waals surface area contributed by atoms with Crippen LogP contribution >= 0.6 is 11.6 Å². The number of piperidine rings is 1. The molecule has 1 aliphatic carbocycles. The first-order valence-corrected chi connectivity index (χ1v) is 10.4. The molecule has 1 N–H and O–H groups in total. The minimum atomic E-state index is -4.59. The minimum Gasteiger partial charge on any atom is -0.484 e. The first-order valence-electron chi connectivity index (χ1n) is 10.1. The first kappa shape index (κ1) is 23.1. The largest absolute Gasteiger partial charge is 0.522 e. The second kappa shape index (κ2) is 10.2. The number of nitrogens with one attached hydrogen (secondary N) is 1. The van der Waals surface area contributed by atoms with Gasteiger partial charge in [0.05, 0.1) is 11.1 Å². The highest BCUT2D eigenvalue weighted by Gasteiger charge is 2.37. The molecule has 1 aromatic carbocycles. The Labute approximate surface area is 177 Å².